The number of aryl methyl sites for hydroxylation is 2. The maximum absolute atomic E-state index is 4.23. The maximum atomic E-state index is 4.23. The molecule has 3 aromatic rings. The van der Waals surface area contributed by atoms with Gasteiger partial charge in [0.25, 0.3) is 0 Å². The topological polar surface area (TPSA) is 45.1 Å². The van der Waals surface area contributed by atoms with Crippen LogP contribution in [0.4, 0.5) is 5.69 Å². The Bertz CT molecular complexity index is 1080. The summed E-state index contributed by atoms with van der Waals surface area (Å²) in [5.74, 6) is 6.67. The van der Waals surface area contributed by atoms with Gasteiger partial charge in [-0.1, -0.05) is 18.1 Å². The molecular formula is C26H33N5. The van der Waals surface area contributed by atoms with Crippen molar-refractivity contribution in [1.82, 2.24) is 19.8 Å². The third-order valence-electron chi connectivity index (χ3n) is 6.15. The van der Waals surface area contributed by atoms with Gasteiger partial charge in [-0.2, -0.15) is 0 Å². The van der Waals surface area contributed by atoms with Crippen molar-refractivity contribution in [2.75, 3.05) is 32.0 Å². The van der Waals surface area contributed by atoms with Crippen LogP contribution in [0.15, 0.2) is 42.6 Å². The maximum Gasteiger partial charge on any atom is 0.0931 e. The number of piperidine rings is 1. The van der Waals surface area contributed by atoms with Gasteiger partial charge in [0.05, 0.1) is 12.2 Å². The predicted octanol–water partition coefficient (Wildman–Crippen LogP) is 4.01. The first-order valence-corrected chi connectivity index (χ1v) is 11.3. The molecule has 1 saturated heterocycles. The van der Waals surface area contributed by atoms with Crippen LogP contribution in [-0.4, -0.2) is 47.2 Å². The van der Waals surface area contributed by atoms with Crippen molar-refractivity contribution < 1.29 is 0 Å². The summed E-state index contributed by atoms with van der Waals surface area (Å²) in [6.45, 7) is 8.98. The molecule has 162 valence electrons. The van der Waals surface area contributed by atoms with Crippen LogP contribution >= 0.6 is 0 Å². The first-order valence-electron chi connectivity index (χ1n) is 11.3. The van der Waals surface area contributed by atoms with Gasteiger partial charge >= 0.3 is 0 Å². The van der Waals surface area contributed by atoms with Crippen LogP contribution in [0.5, 0.6) is 0 Å². The molecule has 0 amide bonds. The zero-order valence-electron chi connectivity index (χ0n) is 18.9. The molecule has 1 aromatic carbocycles. The first-order chi connectivity index (χ1) is 15.1. The summed E-state index contributed by atoms with van der Waals surface area (Å²) >= 11 is 0. The Balaban J connectivity index is 1.47. The Hall–Kier alpha value is -2.81. The predicted molar refractivity (Wildman–Crippen MR) is 129 cm³/mol. The molecule has 0 spiro atoms. The second-order valence-electron chi connectivity index (χ2n) is 8.42. The molecule has 2 N–H and O–H groups in total. The Morgan fingerprint density at radius 2 is 2.00 bits per heavy atom. The van der Waals surface area contributed by atoms with E-state index in [1.54, 1.807) is 0 Å². The highest BCUT2D eigenvalue weighted by atomic mass is 15.1. The number of rotatable bonds is 6. The number of hydrogen-bond acceptors (Lipinski definition) is 4. The van der Waals surface area contributed by atoms with E-state index in [1.165, 1.54) is 42.4 Å². The lowest BCUT2D eigenvalue weighted by atomic mass is 10.0. The summed E-state index contributed by atoms with van der Waals surface area (Å²) in [6.07, 6.45) is 4.27. The van der Waals surface area contributed by atoms with E-state index >= 15 is 0 Å². The molecule has 0 saturated carbocycles. The fourth-order valence-corrected chi connectivity index (χ4v) is 4.35. The van der Waals surface area contributed by atoms with Crippen molar-refractivity contribution in [1.29, 1.82) is 0 Å². The second-order valence-corrected chi connectivity index (χ2v) is 8.42. The Kier molecular flexibility index (Phi) is 6.91. The van der Waals surface area contributed by atoms with Gasteiger partial charge < -0.3 is 20.1 Å². The van der Waals surface area contributed by atoms with Crippen LogP contribution in [0.3, 0.4) is 0 Å². The highest BCUT2D eigenvalue weighted by molar-refractivity contribution is 5.85. The number of nitrogens with one attached hydrogen (secondary N) is 2. The fourth-order valence-electron chi connectivity index (χ4n) is 4.35. The average Bonchev–Trinajstić information content (AvgIpc) is 3.14. The summed E-state index contributed by atoms with van der Waals surface area (Å²) in [4.78, 5) is 6.64. The molecule has 0 atom stereocenters. The number of fused-ring (bicyclic) bond motifs is 1. The number of anilines is 1. The van der Waals surface area contributed by atoms with Gasteiger partial charge in [0.2, 0.25) is 0 Å². The molecule has 0 radical (unpaired) electrons. The largest absolute Gasteiger partial charge is 0.374 e. The Morgan fingerprint density at radius 1 is 1.16 bits per heavy atom. The van der Waals surface area contributed by atoms with E-state index in [4.69, 9.17) is 0 Å². The molecule has 31 heavy (non-hydrogen) atoms. The lowest BCUT2D eigenvalue weighted by molar-refractivity contribution is 0.234. The van der Waals surface area contributed by atoms with Crippen LogP contribution in [0.1, 0.15) is 36.7 Å². The minimum atomic E-state index is 0.610. The first kappa shape index (κ1) is 21.4. The van der Waals surface area contributed by atoms with E-state index in [0.717, 1.165) is 30.2 Å². The van der Waals surface area contributed by atoms with Gasteiger partial charge in [-0.15, -0.1) is 0 Å². The summed E-state index contributed by atoms with van der Waals surface area (Å²) in [5.41, 5.74) is 5.77. The van der Waals surface area contributed by atoms with E-state index in [2.05, 4.69) is 75.2 Å². The molecule has 4 rings (SSSR count). The van der Waals surface area contributed by atoms with Crippen LogP contribution in [0.25, 0.3) is 10.9 Å². The zero-order valence-corrected chi connectivity index (χ0v) is 18.9. The average molecular weight is 416 g/mol. The van der Waals surface area contributed by atoms with Crippen molar-refractivity contribution in [2.45, 2.75) is 45.8 Å². The molecule has 3 heterocycles. The van der Waals surface area contributed by atoms with Crippen LogP contribution in [0, 0.1) is 18.8 Å². The molecular weight excluding hydrogens is 382 g/mol. The second kappa shape index (κ2) is 10.00. The van der Waals surface area contributed by atoms with Gasteiger partial charge in [0, 0.05) is 47.6 Å². The molecule has 1 aliphatic rings. The SMILES string of the molecule is CCn1c(C#CCNc2ccnc(C)c2)cc2c(CNC3CCN(C)CC3)cccc21. The van der Waals surface area contributed by atoms with Gasteiger partial charge in [-0.05, 0) is 82.6 Å². The lowest BCUT2D eigenvalue weighted by Gasteiger charge is -2.29. The minimum absolute atomic E-state index is 0.610. The number of nitrogens with zero attached hydrogens (tertiary/aromatic N) is 3. The quantitative estimate of drug-likeness (QED) is 0.597. The van der Waals surface area contributed by atoms with Gasteiger partial charge in [-0.3, -0.25) is 4.98 Å². The highest BCUT2D eigenvalue weighted by Crippen LogP contribution is 2.24. The number of likely N-dealkylation sites (tertiary alicyclic amines) is 1. The Morgan fingerprint density at radius 3 is 2.77 bits per heavy atom. The van der Waals surface area contributed by atoms with Gasteiger partial charge in [-0.25, -0.2) is 0 Å². The van der Waals surface area contributed by atoms with Crippen LogP contribution in [0.2, 0.25) is 0 Å². The van der Waals surface area contributed by atoms with Gasteiger partial charge in [0.15, 0.2) is 0 Å². The molecule has 1 fully saturated rings. The summed E-state index contributed by atoms with van der Waals surface area (Å²) in [5, 5.41) is 8.46. The monoisotopic (exact) mass is 415 g/mol. The standard InChI is InChI=1S/C26H33N5/c1-4-31-24(8-6-13-28-23-10-14-27-20(2)17-23)18-25-21(7-5-9-26(25)31)19-29-22-11-15-30(3)16-12-22/h5,7,9-10,14,17-18,22,29H,4,11-13,15-16,19H2,1-3H3,(H,27,28). The highest BCUT2D eigenvalue weighted by Gasteiger charge is 2.16. The van der Waals surface area contributed by atoms with E-state index in [0.29, 0.717) is 12.6 Å². The fraction of sp³-hybridized carbons (Fsp3) is 0.423. The summed E-state index contributed by atoms with van der Waals surface area (Å²) in [7, 11) is 2.21. The number of hydrogen-bond donors (Lipinski definition) is 2. The van der Waals surface area contributed by atoms with E-state index in [1.807, 2.05) is 25.3 Å². The van der Waals surface area contributed by atoms with Gasteiger partial charge in [0.1, 0.15) is 0 Å². The molecule has 2 aromatic heterocycles. The van der Waals surface area contributed by atoms with E-state index < -0.39 is 0 Å². The van der Waals surface area contributed by atoms with Crippen molar-refractivity contribution in [3.8, 4) is 11.8 Å². The normalized spacial score (nSPS) is 15.1. The lowest BCUT2D eigenvalue weighted by Crippen LogP contribution is -2.40. The van der Waals surface area contributed by atoms with Crippen LogP contribution < -0.4 is 10.6 Å². The smallest absolute Gasteiger partial charge is 0.0931 e. The molecule has 0 aliphatic carbocycles. The summed E-state index contributed by atoms with van der Waals surface area (Å²) in [6, 6.07) is 13.5. The number of aromatic nitrogens is 2. The van der Waals surface area contributed by atoms with Crippen LogP contribution in [-0.2, 0) is 13.1 Å². The third kappa shape index (κ3) is 5.28. The van der Waals surface area contributed by atoms with E-state index in [9.17, 15) is 0 Å². The zero-order chi connectivity index (χ0) is 21.6. The Labute approximate surface area is 185 Å². The summed E-state index contributed by atoms with van der Waals surface area (Å²) < 4.78 is 2.32. The van der Waals surface area contributed by atoms with Crippen molar-refractivity contribution >= 4 is 16.6 Å². The number of benzene rings is 1. The van der Waals surface area contributed by atoms with Crippen molar-refractivity contribution in [2.24, 2.45) is 0 Å². The molecule has 0 bridgehead atoms. The van der Waals surface area contributed by atoms with Crippen molar-refractivity contribution in [3.63, 3.8) is 0 Å². The molecule has 5 nitrogen and oxygen atoms in total. The third-order valence-corrected chi connectivity index (χ3v) is 6.15. The number of pyridine rings is 1. The molecule has 5 heteroatoms. The molecule has 0 unspecified atom stereocenters. The minimum Gasteiger partial charge on any atom is -0.374 e. The van der Waals surface area contributed by atoms with E-state index in [-0.39, 0.29) is 0 Å². The van der Waals surface area contributed by atoms with Crippen molar-refractivity contribution in [3.05, 3.63) is 59.5 Å². The molecule has 1 aliphatic heterocycles.